The van der Waals surface area contributed by atoms with Crippen LogP contribution in [0.15, 0.2) is 35.6 Å². The highest BCUT2D eigenvalue weighted by atomic mass is 35.5. The molecule has 152 valence electrons. The van der Waals surface area contributed by atoms with E-state index in [0.717, 1.165) is 5.56 Å². The Morgan fingerprint density at radius 1 is 1.31 bits per heavy atom. The van der Waals surface area contributed by atoms with Gasteiger partial charge >= 0.3 is 0 Å². The second-order valence-corrected chi connectivity index (χ2v) is 7.82. The minimum absolute atomic E-state index is 0.242. The van der Waals surface area contributed by atoms with Crippen molar-refractivity contribution in [3.05, 3.63) is 52.4 Å². The maximum atomic E-state index is 13.1. The predicted octanol–water partition coefficient (Wildman–Crippen LogP) is 1.39. The lowest BCUT2D eigenvalue weighted by Gasteiger charge is -2.21. The van der Waals surface area contributed by atoms with Crippen LogP contribution in [-0.4, -0.2) is 62.0 Å². The number of amides is 1. The van der Waals surface area contributed by atoms with E-state index in [1.165, 1.54) is 6.33 Å². The highest BCUT2D eigenvalue weighted by Crippen LogP contribution is 2.28. The number of rotatable bonds is 5. The SMILES string of the molecule is CN(Cc1cccc(Cl)c1)C(=O)C1=NCc2ncnc(N[C@@H]3CC[C@@H](O)[C@H]3O)c21. The first-order valence-electron chi connectivity index (χ1n) is 9.45. The van der Waals surface area contributed by atoms with Crippen LogP contribution < -0.4 is 5.32 Å². The lowest BCUT2D eigenvalue weighted by molar-refractivity contribution is -0.123. The topological polar surface area (TPSA) is 111 Å². The lowest BCUT2D eigenvalue weighted by Crippen LogP contribution is -2.36. The van der Waals surface area contributed by atoms with Crippen molar-refractivity contribution in [3.63, 3.8) is 0 Å². The fourth-order valence-electron chi connectivity index (χ4n) is 3.76. The molecular weight excluding hydrogens is 394 g/mol. The van der Waals surface area contributed by atoms with E-state index >= 15 is 0 Å². The number of likely N-dealkylation sites (N-methyl/N-ethyl adjacent to an activating group) is 1. The second-order valence-electron chi connectivity index (χ2n) is 7.39. The van der Waals surface area contributed by atoms with Crippen LogP contribution in [0, 0.1) is 0 Å². The summed E-state index contributed by atoms with van der Waals surface area (Å²) in [6.45, 7) is 0.687. The van der Waals surface area contributed by atoms with Gasteiger partial charge in [0.05, 0.1) is 36.1 Å². The van der Waals surface area contributed by atoms with Crippen LogP contribution in [0.2, 0.25) is 5.02 Å². The second kappa shape index (κ2) is 8.06. The van der Waals surface area contributed by atoms with Crippen molar-refractivity contribution in [2.45, 2.75) is 44.2 Å². The third kappa shape index (κ3) is 3.96. The molecule has 1 aromatic heterocycles. The Kier molecular flexibility index (Phi) is 5.49. The summed E-state index contributed by atoms with van der Waals surface area (Å²) in [6, 6.07) is 7.01. The van der Waals surface area contributed by atoms with E-state index < -0.39 is 12.2 Å². The Morgan fingerprint density at radius 2 is 2.14 bits per heavy atom. The van der Waals surface area contributed by atoms with Crippen molar-refractivity contribution in [2.24, 2.45) is 4.99 Å². The van der Waals surface area contributed by atoms with Gasteiger partial charge in [-0.2, -0.15) is 0 Å². The van der Waals surface area contributed by atoms with Crippen molar-refractivity contribution in [1.82, 2.24) is 14.9 Å². The molecule has 2 aromatic rings. The van der Waals surface area contributed by atoms with Gasteiger partial charge in [-0.15, -0.1) is 0 Å². The molecule has 1 aromatic carbocycles. The van der Waals surface area contributed by atoms with Gasteiger partial charge in [0, 0.05) is 18.6 Å². The number of aliphatic hydroxyl groups is 2. The molecule has 0 unspecified atom stereocenters. The molecule has 1 aliphatic heterocycles. The Morgan fingerprint density at radius 3 is 2.86 bits per heavy atom. The number of hydrogen-bond acceptors (Lipinski definition) is 7. The third-order valence-electron chi connectivity index (χ3n) is 5.31. The summed E-state index contributed by atoms with van der Waals surface area (Å²) in [5.41, 5.74) is 2.43. The first kappa shape index (κ1) is 19.8. The molecule has 1 amide bonds. The van der Waals surface area contributed by atoms with E-state index in [1.807, 2.05) is 18.2 Å². The van der Waals surface area contributed by atoms with Crippen molar-refractivity contribution in [1.29, 1.82) is 0 Å². The molecule has 1 aliphatic carbocycles. The normalized spacial score (nSPS) is 22.9. The number of halogens is 1. The van der Waals surface area contributed by atoms with E-state index in [2.05, 4.69) is 20.3 Å². The molecular formula is C20H22ClN5O3. The number of aromatic nitrogens is 2. The molecule has 3 N–H and O–H groups in total. The molecule has 4 rings (SSSR count). The summed E-state index contributed by atoms with van der Waals surface area (Å²) < 4.78 is 0. The van der Waals surface area contributed by atoms with E-state index in [-0.39, 0.29) is 11.9 Å². The Hall–Kier alpha value is -2.55. The standard InChI is InChI=1S/C20H22ClN5O3/c1-26(9-11-3-2-4-12(21)7-11)20(29)17-16-14(8-22-17)23-10-24-19(16)25-13-5-6-15(27)18(13)28/h2-4,7,10,13,15,18,27-28H,5-6,8-9H2,1H3,(H,23,24,25)/t13-,15-,18+/m1/s1. The van der Waals surface area contributed by atoms with Crippen LogP contribution in [0.1, 0.15) is 29.7 Å². The number of hydrogen-bond donors (Lipinski definition) is 3. The lowest BCUT2D eigenvalue weighted by atomic mass is 10.1. The van der Waals surface area contributed by atoms with Gasteiger partial charge in [-0.3, -0.25) is 9.79 Å². The van der Waals surface area contributed by atoms with Gasteiger partial charge < -0.3 is 20.4 Å². The Labute approximate surface area is 173 Å². The summed E-state index contributed by atoms with van der Waals surface area (Å²) in [4.78, 5) is 27.6. The zero-order valence-electron chi connectivity index (χ0n) is 15.9. The first-order valence-corrected chi connectivity index (χ1v) is 9.83. The molecule has 2 aliphatic rings. The molecule has 1 fully saturated rings. The van der Waals surface area contributed by atoms with E-state index in [0.29, 0.717) is 53.7 Å². The average Bonchev–Trinajstić information content (AvgIpc) is 3.27. The smallest absolute Gasteiger partial charge is 0.272 e. The predicted molar refractivity (Wildman–Crippen MR) is 109 cm³/mol. The number of aliphatic hydroxyl groups excluding tert-OH is 2. The quantitative estimate of drug-likeness (QED) is 0.680. The van der Waals surface area contributed by atoms with E-state index in [4.69, 9.17) is 11.6 Å². The van der Waals surface area contributed by atoms with Crippen LogP contribution in [-0.2, 0) is 17.9 Å². The Balaban J connectivity index is 1.55. The number of carbonyl (C=O) groups excluding carboxylic acids is 1. The van der Waals surface area contributed by atoms with Crippen molar-refractivity contribution in [3.8, 4) is 0 Å². The van der Waals surface area contributed by atoms with Crippen molar-refractivity contribution in [2.75, 3.05) is 12.4 Å². The van der Waals surface area contributed by atoms with Crippen molar-refractivity contribution < 1.29 is 15.0 Å². The summed E-state index contributed by atoms with van der Waals surface area (Å²) in [5, 5.41) is 23.7. The Bertz CT molecular complexity index is 967. The monoisotopic (exact) mass is 415 g/mol. The number of carbonyl (C=O) groups is 1. The van der Waals surface area contributed by atoms with Crippen LogP contribution in [0.5, 0.6) is 0 Å². The molecule has 9 heteroatoms. The molecule has 2 heterocycles. The van der Waals surface area contributed by atoms with Crippen LogP contribution in [0.3, 0.4) is 0 Å². The number of nitrogens with one attached hydrogen (secondary N) is 1. The number of nitrogens with zero attached hydrogens (tertiary/aromatic N) is 4. The van der Waals surface area contributed by atoms with Gasteiger partial charge in [0.2, 0.25) is 0 Å². The van der Waals surface area contributed by atoms with Crippen LogP contribution >= 0.6 is 11.6 Å². The number of benzene rings is 1. The fraction of sp³-hybridized carbons (Fsp3) is 0.400. The summed E-state index contributed by atoms with van der Waals surface area (Å²) in [7, 11) is 1.71. The van der Waals surface area contributed by atoms with Gasteiger partial charge in [-0.05, 0) is 30.5 Å². The highest BCUT2D eigenvalue weighted by Gasteiger charge is 2.36. The number of aliphatic imine (C=N–C) groups is 1. The summed E-state index contributed by atoms with van der Waals surface area (Å²) in [5.74, 6) is 0.211. The number of anilines is 1. The molecule has 0 bridgehead atoms. The molecule has 0 spiro atoms. The third-order valence-corrected chi connectivity index (χ3v) is 5.54. The van der Waals surface area contributed by atoms with E-state index in [9.17, 15) is 15.0 Å². The average molecular weight is 416 g/mol. The van der Waals surface area contributed by atoms with E-state index in [1.54, 1.807) is 18.0 Å². The van der Waals surface area contributed by atoms with Gasteiger partial charge in [0.1, 0.15) is 17.9 Å². The molecule has 8 nitrogen and oxygen atoms in total. The molecule has 0 radical (unpaired) electrons. The van der Waals surface area contributed by atoms with Gasteiger partial charge in [-0.25, -0.2) is 9.97 Å². The van der Waals surface area contributed by atoms with Crippen LogP contribution in [0.25, 0.3) is 0 Å². The van der Waals surface area contributed by atoms with Gasteiger partial charge in [-0.1, -0.05) is 23.7 Å². The zero-order chi connectivity index (χ0) is 20.5. The zero-order valence-corrected chi connectivity index (χ0v) is 16.7. The summed E-state index contributed by atoms with van der Waals surface area (Å²) in [6.07, 6.45) is 0.881. The molecule has 3 atom stereocenters. The maximum absolute atomic E-state index is 13.1. The van der Waals surface area contributed by atoms with Gasteiger partial charge in [0.15, 0.2) is 0 Å². The van der Waals surface area contributed by atoms with Crippen molar-refractivity contribution >= 4 is 29.0 Å². The minimum atomic E-state index is -0.886. The fourth-order valence-corrected chi connectivity index (χ4v) is 3.98. The molecule has 1 saturated carbocycles. The first-order chi connectivity index (χ1) is 13.9. The molecule has 29 heavy (non-hydrogen) atoms. The summed E-state index contributed by atoms with van der Waals surface area (Å²) >= 11 is 6.04. The molecule has 0 saturated heterocycles. The van der Waals surface area contributed by atoms with Crippen LogP contribution in [0.4, 0.5) is 5.82 Å². The minimum Gasteiger partial charge on any atom is -0.390 e. The highest BCUT2D eigenvalue weighted by molar-refractivity contribution is 6.47. The maximum Gasteiger partial charge on any atom is 0.272 e. The number of fused-ring (bicyclic) bond motifs is 1. The largest absolute Gasteiger partial charge is 0.390 e. The van der Waals surface area contributed by atoms with Gasteiger partial charge in [0.25, 0.3) is 5.91 Å².